The minimum atomic E-state index is -0.546. The Morgan fingerprint density at radius 2 is 2.06 bits per heavy atom. The summed E-state index contributed by atoms with van der Waals surface area (Å²) in [5.41, 5.74) is 10.9. The fraction of sp³-hybridized carbons (Fsp3) is 0.583. The van der Waals surface area contributed by atoms with Crippen molar-refractivity contribution in [3.8, 4) is 0 Å². The number of anilines is 1. The van der Waals surface area contributed by atoms with Crippen molar-refractivity contribution >= 4 is 11.7 Å². The standard InChI is InChI=1S/C12H19N5O/c13-6-3-9-4-7-17(8-5-9)11-2-1-10(12(14)18)15-16-11/h1-2,9H,3-8,13H2,(H2,14,18). The Hall–Kier alpha value is -1.69. The smallest absolute Gasteiger partial charge is 0.269 e. The van der Waals surface area contributed by atoms with Gasteiger partial charge in [-0.3, -0.25) is 4.79 Å². The van der Waals surface area contributed by atoms with Crippen molar-refractivity contribution < 1.29 is 4.79 Å². The maximum atomic E-state index is 10.9. The number of primary amides is 1. The van der Waals surface area contributed by atoms with Gasteiger partial charge in [0.1, 0.15) is 0 Å². The summed E-state index contributed by atoms with van der Waals surface area (Å²) in [6, 6.07) is 3.42. The van der Waals surface area contributed by atoms with Crippen LogP contribution in [0.25, 0.3) is 0 Å². The van der Waals surface area contributed by atoms with Gasteiger partial charge < -0.3 is 16.4 Å². The van der Waals surface area contributed by atoms with Crippen molar-refractivity contribution in [3.05, 3.63) is 17.8 Å². The Bertz CT molecular complexity index is 397. The van der Waals surface area contributed by atoms with Crippen molar-refractivity contribution in [2.45, 2.75) is 19.3 Å². The van der Waals surface area contributed by atoms with E-state index in [1.54, 1.807) is 12.1 Å². The molecule has 1 aromatic heterocycles. The first-order chi connectivity index (χ1) is 8.70. The Labute approximate surface area is 106 Å². The lowest BCUT2D eigenvalue weighted by Crippen LogP contribution is -2.35. The number of hydrogen-bond acceptors (Lipinski definition) is 5. The van der Waals surface area contributed by atoms with Crippen LogP contribution in [0.1, 0.15) is 29.8 Å². The van der Waals surface area contributed by atoms with Crippen molar-refractivity contribution in [1.29, 1.82) is 0 Å². The van der Waals surface area contributed by atoms with Gasteiger partial charge in [-0.25, -0.2) is 0 Å². The number of carbonyl (C=O) groups excluding carboxylic acids is 1. The minimum Gasteiger partial charge on any atom is -0.364 e. The number of carbonyl (C=O) groups is 1. The largest absolute Gasteiger partial charge is 0.364 e. The van der Waals surface area contributed by atoms with Crippen LogP contribution in [-0.4, -0.2) is 35.7 Å². The van der Waals surface area contributed by atoms with Crippen LogP contribution in [0.2, 0.25) is 0 Å². The molecule has 1 fully saturated rings. The molecule has 18 heavy (non-hydrogen) atoms. The summed E-state index contributed by atoms with van der Waals surface area (Å²) < 4.78 is 0. The summed E-state index contributed by atoms with van der Waals surface area (Å²) in [4.78, 5) is 13.1. The second-order valence-electron chi connectivity index (χ2n) is 4.65. The first-order valence-corrected chi connectivity index (χ1v) is 6.29. The lowest BCUT2D eigenvalue weighted by Gasteiger charge is -2.32. The number of amides is 1. The van der Waals surface area contributed by atoms with Gasteiger partial charge in [-0.05, 0) is 43.9 Å². The third-order valence-corrected chi connectivity index (χ3v) is 3.42. The van der Waals surface area contributed by atoms with E-state index in [-0.39, 0.29) is 5.69 Å². The molecule has 0 radical (unpaired) electrons. The van der Waals surface area contributed by atoms with Crippen LogP contribution in [0, 0.1) is 5.92 Å². The van der Waals surface area contributed by atoms with Gasteiger partial charge in [0.05, 0.1) is 0 Å². The van der Waals surface area contributed by atoms with Gasteiger partial charge >= 0.3 is 0 Å². The van der Waals surface area contributed by atoms with Crippen LogP contribution in [0.5, 0.6) is 0 Å². The van der Waals surface area contributed by atoms with Gasteiger partial charge in [0.25, 0.3) is 5.91 Å². The fourth-order valence-corrected chi connectivity index (χ4v) is 2.31. The first-order valence-electron chi connectivity index (χ1n) is 6.29. The maximum absolute atomic E-state index is 10.9. The Morgan fingerprint density at radius 3 is 2.56 bits per heavy atom. The molecule has 1 aliphatic heterocycles. The highest BCUT2D eigenvalue weighted by molar-refractivity contribution is 5.90. The van der Waals surface area contributed by atoms with Crippen LogP contribution in [0.3, 0.4) is 0 Å². The van der Waals surface area contributed by atoms with E-state index in [0.29, 0.717) is 0 Å². The summed E-state index contributed by atoms with van der Waals surface area (Å²) in [7, 11) is 0. The summed E-state index contributed by atoms with van der Waals surface area (Å²) >= 11 is 0. The van der Waals surface area contributed by atoms with E-state index in [4.69, 9.17) is 11.5 Å². The summed E-state index contributed by atoms with van der Waals surface area (Å²) in [6.45, 7) is 2.70. The summed E-state index contributed by atoms with van der Waals surface area (Å²) in [5.74, 6) is 0.992. The average Bonchev–Trinajstić information content (AvgIpc) is 2.40. The Balaban J connectivity index is 1.95. The predicted molar refractivity (Wildman–Crippen MR) is 69.2 cm³/mol. The molecule has 98 valence electrons. The molecular weight excluding hydrogens is 230 g/mol. The van der Waals surface area contributed by atoms with Crippen molar-refractivity contribution in [1.82, 2.24) is 10.2 Å². The molecule has 1 aromatic rings. The van der Waals surface area contributed by atoms with Crippen LogP contribution >= 0.6 is 0 Å². The highest BCUT2D eigenvalue weighted by atomic mass is 16.1. The molecule has 2 heterocycles. The number of nitrogens with zero attached hydrogens (tertiary/aromatic N) is 3. The van der Waals surface area contributed by atoms with E-state index in [0.717, 1.165) is 50.6 Å². The Morgan fingerprint density at radius 1 is 1.33 bits per heavy atom. The molecule has 0 saturated carbocycles. The van der Waals surface area contributed by atoms with E-state index in [2.05, 4.69) is 15.1 Å². The first kappa shape index (κ1) is 12.8. The third kappa shape index (κ3) is 2.95. The van der Waals surface area contributed by atoms with Crippen molar-refractivity contribution in [3.63, 3.8) is 0 Å². The molecule has 2 rings (SSSR count). The van der Waals surface area contributed by atoms with E-state index >= 15 is 0 Å². The van der Waals surface area contributed by atoms with Crippen molar-refractivity contribution in [2.75, 3.05) is 24.5 Å². The number of piperidine rings is 1. The minimum absolute atomic E-state index is 0.205. The van der Waals surface area contributed by atoms with Crippen LogP contribution in [-0.2, 0) is 0 Å². The molecule has 0 unspecified atom stereocenters. The Kier molecular flexibility index (Phi) is 4.09. The quantitative estimate of drug-likeness (QED) is 0.791. The zero-order chi connectivity index (χ0) is 13.0. The van der Waals surface area contributed by atoms with Crippen LogP contribution < -0.4 is 16.4 Å². The topological polar surface area (TPSA) is 98.1 Å². The maximum Gasteiger partial charge on any atom is 0.269 e. The average molecular weight is 249 g/mol. The molecule has 6 heteroatoms. The van der Waals surface area contributed by atoms with E-state index < -0.39 is 5.91 Å². The normalized spacial score (nSPS) is 16.8. The molecule has 1 aliphatic rings. The van der Waals surface area contributed by atoms with Crippen LogP contribution in [0.15, 0.2) is 12.1 Å². The third-order valence-electron chi connectivity index (χ3n) is 3.42. The molecule has 0 spiro atoms. The fourth-order valence-electron chi connectivity index (χ4n) is 2.31. The zero-order valence-corrected chi connectivity index (χ0v) is 10.4. The summed E-state index contributed by atoms with van der Waals surface area (Å²) in [5, 5.41) is 7.87. The lowest BCUT2D eigenvalue weighted by molar-refractivity contribution is 0.0994. The number of hydrogen-bond donors (Lipinski definition) is 2. The van der Waals surface area contributed by atoms with E-state index in [9.17, 15) is 4.79 Å². The molecule has 1 saturated heterocycles. The highest BCUT2D eigenvalue weighted by Gasteiger charge is 2.19. The van der Waals surface area contributed by atoms with Gasteiger partial charge in [0, 0.05) is 13.1 Å². The van der Waals surface area contributed by atoms with Gasteiger partial charge in [0.15, 0.2) is 11.5 Å². The van der Waals surface area contributed by atoms with Crippen LogP contribution in [0.4, 0.5) is 5.82 Å². The molecule has 1 amide bonds. The van der Waals surface area contributed by atoms with E-state index in [1.165, 1.54) is 0 Å². The molecule has 6 nitrogen and oxygen atoms in total. The molecule has 0 aromatic carbocycles. The second kappa shape index (κ2) is 5.77. The zero-order valence-electron chi connectivity index (χ0n) is 10.4. The van der Waals surface area contributed by atoms with Gasteiger partial charge in [-0.15, -0.1) is 10.2 Å². The van der Waals surface area contributed by atoms with E-state index in [1.807, 2.05) is 0 Å². The number of nitrogens with two attached hydrogens (primary N) is 2. The molecule has 0 atom stereocenters. The number of aromatic nitrogens is 2. The lowest BCUT2D eigenvalue weighted by atomic mass is 9.94. The predicted octanol–water partition coefficient (Wildman–Crippen LogP) is 0.141. The molecular formula is C12H19N5O. The van der Waals surface area contributed by atoms with Crippen molar-refractivity contribution in [2.24, 2.45) is 17.4 Å². The highest BCUT2D eigenvalue weighted by Crippen LogP contribution is 2.23. The second-order valence-corrected chi connectivity index (χ2v) is 4.65. The molecule has 4 N–H and O–H groups in total. The monoisotopic (exact) mass is 249 g/mol. The van der Waals surface area contributed by atoms with Gasteiger partial charge in [-0.2, -0.15) is 0 Å². The SMILES string of the molecule is NCCC1CCN(c2ccc(C(N)=O)nn2)CC1. The molecule has 0 bridgehead atoms. The van der Waals surface area contributed by atoms with Gasteiger partial charge in [0.2, 0.25) is 0 Å². The number of rotatable bonds is 4. The summed E-state index contributed by atoms with van der Waals surface area (Å²) in [6.07, 6.45) is 3.37. The van der Waals surface area contributed by atoms with Gasteiger partial charge in [-0.1, -0.05) is 0 Å². The molecule has 0 aliphatic carbocycles.